The Kier molecular flexibility index (Phi) is 7.43. The van der Waals surface area contributed by atoms with Gasteiger partial charge in [0, 0.05) is 50.8 Å². The van der Waals surface area contributed by atoms with E-state index < -0.39 is 22.8 Å². The summed E-state index contributed by atoms with van der Waals surface area (Å²) in [6.07, 6.45) is -7.59. The molecule has 0 bridgehead atoms. The molecule has 1 saturated heterocycles. The second-order valence-corrected chi connectivity index (χ2v) is 8.85. The summed E-state index contributed by atoms with van der Waals surface area (Å²) in [5.41, 5.74) is -0.868. The highest BCUT2D eigenvalue weighted by Crippen LogP contribution is 2.44. The Labute approximate surface area is 185 Å². The number of hydrogen-bond donors (Lipinski definition) is 1. The minimum Gasteiger partial charge on any atom is -0.487 e. The zero-order valence-electron chi connectivity index (χ0n) is 17.4. The minimum absolute atomic E-state index is 0.0326. The summed E-state index contributed by atoms with van der Waals surface area (Å²) in [6.45, 7) is 5.19. The van der Waals surface area contributed by atoms with Gasteiger partial charge in [0.1, 0.15) is 16.0 Å². The molecule has 1 aliphatic heterocycles. The van der Waals surface area contributed by atoms with Gasteiger partial charge in [-0.25, -0.2) is 4.98 Å². The molecule has 2 aromatic rings. The average Bonchev–Trinajstić information content (AvgIpc) is 3.11. The van der Waals surface area contributed by atoms with Crippen LogP contribution < -0.4 is 14.9 Å². The Balaban J connectivity index is 1.57. The average molecular weight is 483 g/mol. The van der Waals surface area contributed by atoms with E-state index in [1.807, 2.05) is 13.8 Å². The van der Waals surface area contributed by atoms with Crippen molar-refractivity contribution in [2.45, 2.75) is 45.1 Å². The molecule has 0 atom stereocenters. The number of ether oxygens (including phenoxy) is 1. The molecule has 178 valence electrons. The molecule has 2 aromatic heterocycles. The van der Waals surface area contributed by atoms with E-state index in [0.29, 0.717) is 55.0 Å². The molecule has 0 spiro atoms. The topological polar surface area (TPSA) is 46.6 Å². The first-order valence-corrected chi connectivity index (χ1v) is 10.8. The van der Waals surface area contributed by atoms with Crippen LogP contribution >= 0.6 is 11.3 Å². The van der Waals surface area contributed by atoms with Crippen LogP contribution in [0.15, 0.2) is 24.4 Å². The monoisotopic (exact) mass is 483 g/mol. The molecular weight excluding hydrogens is 460 g/mol. The van der Waals surface area contributed by atoms with Gasteiger partial charge in [-0.05, 0) is 12.0 Å². The van der Waals surface area contributed by atoms with Crippen molar-refractivity contribution in [2.24, 2.45) is 5.92 Å². The summed E-state index contributed by atoms with van der Waals surface area (Å²) < 4.78 is 83.1. The van der Waals surface area contributed by atoms with Crippen molar-refractivity contribution in [3.05, 3.63) is 34.8 Å². The number of nitrogens with one attached hydrogen (secondary N) is 1. The fourth-order valence-corrected chi connectivity index (χ4v) is 3.84. The predicted molar refractivity (Wildman–Crippen MR) is 108 cm³/mol. The van der Waals surface area contributed by atoms with Crippen molar-refractivity contribution in [2.75, 3.05) is 25.0 Å². The number of rotatable bonds is 7. The number of aromatic nitrogens is 1. The molecule has 0 radical (unpaired) electrons. The molecule has 0 unspecified atom stereocenters. The maximum Gasteiger partial charge on any atom is 0.425 e. The lowest BCUT2D eigenvalue weighted by molar-refractivity contribution is -0.138. The Morgan fingerprint density at radius 3 is 2.34 bits per heavy atom. The first kappa shape index (κ1) is 24.4. The minimum atomic E-state index is -4.47. The van der Waals surface area contributed by atoms with Gasteiger partial charge in [0.25, 0.3) is 0 Å². The van der Waals surface area contributed by atoms with Crippen molar-refractivity contribution in [1.29, 1.82) is 0 Å². The fraction of sp³-hybridized carbons (Fsp3) is 0.550. The smallest absolute Gasteiger partial charge is 0.425 e. The summed E-state index contributed by atoms with van der Waals surface area (Å²) in [6, 6.07) is 3.04. The van der Waals surface area contributed by atoms with E-state index >= 15 is 0 Å². The molecule has 0 saturated carbocycles. The van der Waals surface area contributed by atoms with Crippen LogP contribution in [-0.2, 0) is 12.4 Å². The Morgan fingerprint density at radius 2 is 1.81 bits per heavy atom. The summed E-state index contributed by atoms with van der Waals surface area (Å²) in [5, 5.41) is 4.91. The van der Waals surface area contributed by atoms with Gasteiger partial charge in [-0.3, -0.25) is 0 Å². The van der Waals surface area contributed by atoms with Crippen molar-refractivity contribution < 1.29 is 35.9 Å². The number of hydrogen-bond acceptors (Lipinski definition) is 6. The van der Waals surface area contributed by atoms with E-state index in [2.05, 4.69) is 10.3 Å². The lowest BCUT2D eigenvalue weighted by Gasteiger charge is -2.31. The van der Waals surface area contributed by atoms with Gasteiger partial charge in [0.2, 0.25) is 5.88 Å². The van der Waals surface area contributed by atoms with Crippen LogP contribution in [0.4, 0.5) is 31.3 Å². The first-order chi connectivity index (χ1) is 14.9. The number of piperidine rings is 1. The van der Waals surface area contributed by atoms with Crippen LogP contribution in [0, 0.1) is 5.92 Å². The van der Waals surface area contributed by atoms with Gasteiger partial charge in [-0.1, -0.05) is 13.8 Å². The van der Waals surface area contributed by atoms with Crippen molar-refractivity contribution in [3.8, 4) is 11.6 Å². The molecule has 32 heavy (non-hydrogen) atoms. The molecule has 1 N–H and O–H groups in total. The van der Waals surface area contributed by atoms with Crippen LogP contribution in [-0.4, -0.2) is 35.8 Å². The van der Waals surface area contributed by atoms with Crippen LogP contribution in [0.3, 0.4) is 0 Å². The maximum absolute atomic E-state index is 13.1. The van der Waals surface area contributed by atoms with E-state index in [4.69, 9.17) is 9.57 Å². The molecule has 3 heterocycles. The van der Waals surface area contributed by atoms with E-state index in [-0.39, 0.29) is 23.7 Å². The lowest BCUT2D eigenvalue weighted by atomic mass is 10.1. The van der Waals surface area contributed by atoms with Crippen LogP contribution in [0.2, 0.25) is 0 Å². The van der Waals surface area contributed by atoms with Gasteiger partial charge in [-0.2, -0.15) is 26.3 Å². The lowest BCUT2D eigenvalue weighted by Crippen LogP contribution is -2.40. The third-order valence-electron chi connectivity index (χ3n) is 4.63. The summed E-state index contributed by atoms with van der Waals surface area (Å²) in [5.74, 6) is 0.454. The first-order valence-electron chi connectivity index (χ1n) is 9.99. The highest BCUT2D eigenvalue weighted by atomic mass is 32.1. The number of alkyl halides is 6. The maximum atomic E-state index is 13.1. The van der Waals surface area contributed by atoms with Crippen molar-refractivity contribution in [3.63, 3.8) is 0 Å². The molecule has 12 heteroatoms. The molecular formula is C20H23F6N3O2S. The predicted octanol–water partition coefficient (Wildman–Crippen LogP) is 6.09. The molecule has 3 rings (SSSR count). The van der Waals surface area contributed by atoms with Gasteiger partial charge < -0.3 is 14.9 Å². The van der Waals surface area contributed by atoms with Crippen LogP contribution in [0.25, 0.3) is 0 Å². The Morgan fingerprint density at radius 1 is 1.12 bits per heavy atom. The van der Waals surface area contributed by atoms with Gasteiger partial charge in [0.05, 0.1) is 5.56 Å². The number of nitrogens with zero attached hydrogens (tertiary/aromatic N) is 2. The number of halogens is 6. The summed E-state index contributed by atoms with van der Waals surface area (Å²) in [4.78, 5) is 8.44. The molecule has 5 nitrogen and oxygen atoms in total. The van der Waals surface area contributed by atoms with Crippen molar-refractivity contribution in [1.82, 2.24) is 10.0 Å². The van der Waals surface area contributed by atoms with Crippen LogP contribution in [0.5, 0.6) is 11.6 Å². The molecule has 0 amide bonds. The zero-order chi connectivity index (χ0) is 23.5. The van der Waals surface area contributed by atoms with E-state index in [1.54, 1.807) is 5.06 Å². The Bertz CT molecular complexity index is 875. The molecule has 1 fully saturated rings. The quantitative estimate of drug-likeness (QED) is 0.484. The number of thiophene rings is 1. The second-order valence-electron chi connectivity index (χ2n) is 7.80. The van der Waals surface area contributed by atoms with Crippen molar-refractivity contribution >= 4 is 16.3 Å². The highest BCUT2D eigenvalue weighted by molar-refractivity contribution is 7.16. The standard InChI is InChI=1S/C20H23F6N3O2S/c1-12(2)10-28-18-15(9-16(32-18)20(24,25)26)30-14-5-7-29(8-6-14)31-17-4-3-13(11-27-17)19(21,22)23/h3-4,9,11-12,14,28H,5-8,10H2,1-2H3. The summed E-state index contributed by atoms with van der Waals surface area (Å²) in [7, 11) is 0. The second kappa shape index (κ2) is 9.74. The number of anilines is 1. The van der Waals surface area contributed by atoms with Gasteiger partial charge >= 0.3 is 12.4 Å². The molecule has 0 aromatic carbocycles. The zero-order valence-corrected chi connectivity index (χ0v) is 18.2. The van der Waals surface area contributed by atoms with E-state index in [0.717, 1.165) is 18.2 Å². The summed E-state index contributed by atoms with van der Waals surface area (Å²) >= 11 is 0.618. The Hall–Kier alpha value is -2.21. The number of hydroxylamine groups is 2. The molecule has 1 aliphatic rings. The third-order valence-corrected chi connectivity index (χ3v) is 5.75. The van der Waals surface area contributed by atoms with E-state index in [9.17, 15) is 26.3 Å². The number of pyridine rings is 1. The SMILES string of the molecule is CC(C)CNc1sc(C(F)(F)F)cc1OC1CCN(Oc2ccc(C(F)(F)F)cn2)CC1. The highest BCUT2D eigenvalue weighted by Gasteiger charge is 2.35. The largest absolute Gasteiger partial charge is 0.487 e. The van der Waals surface area contributed by atoms with Gasteiger partial charge in [-0.15, -0.1) is 16.4 Å². The normalized spacial score (nSPS) is 16.4. The van der Waals surface area contributed by atoms with Crippen LogP contribution in [0.1, 0.15) is 37.1 Å². The molecule has 0 aliphatic carbocycles. The fourth-order valence-electron chi connectivity index (χ4n) is 2.98. The van der Waals surface area contributed by atoms with E-state index in [1.165, 1.54) is 0 Å². The van der Waals surface area contributed by atoms with Gasteiger partial charge in [0.15, 0.2) is 5.75 Å². The third kappa shape index (κ3) is 6.64.